The van der Waals surface area contributed by atoms with E-state index in [1.807, 2.05) is 0 Å². The average molecular weight is 260 g/mol. The molecule has 0 spiro atoms. The second-order valence-corrected chi connectivity index (χ2v) is 4.13. The Morgan fingerprint density at radius 3 is 2.56 bits per heavy atom. The molecule has 2 atom stereocenters. The lowest BCUT2D eigenvalue weighted by molar-refractivity contribution is -0.386. The zero-order chi connectivity index (χ0) is 13.9. The third-order valence-electron chi connectivity index (χ3n) is 2.74. The van der Waals surface area contributed by atoms with E-state index in [0.29, 0.717) is 6.07 Å². The Morgan fingerprint density at radius 1 is 1.44 bits per heavy atom. The summed E-state index contributed by atoms with van der Waals surface area (Å²) < 4.78 is 26.4. The fraction of sp³-hybridized carbons (Fsp3) is 0.455. The molecule has 18 heavy (non-hydrogen) atoms. The van der Waals surface area contributed by atoms with Gasteiger partial charge in [-0.25, -0.2) is 4.39 Å². The fourth-order valence-electron chi connectivity index (χ4n) is 1.41. The number of nitro benzene ring substituents is 1. The van der Waals surface area contributed by atoms with Crippen LogP contribution in [0.1, 0.15) is 13.8 Å². The summed E-state index contributed by atoms with van der Waals surface area (Å²) in [6.45, 7) is 3.23. The number of rotatable bonds is 5. The molecule has 0 radical (unpaired) electrons. The molecule has 0 bridgehead atoms. The van der Waals surface area contributed by atoms with Crippen LogP contribution in [0.25, 0.3) is 0 Å². The fourth-order valence-corrected chi connectivity index (χ4v) is 1.41. The van der Waals surface area contributed by atoms with Crippen LogP contribution < -0.4 is 5.32 Å². The summed E-state index contributed by atoms with van der Waals surface area (Å²) in [5, 5.41) is 22.3. The summed E-state index contributed by atoms with van der Waals surface area (Å²) >= 11 is 0. The van der Waals surface area contributed by atoms with Crippen LogP contribution in [0.3, 0.4) is 0 Å². The molecule has 1 rings (SSSR count). The standard InChI is InChI=1S/C11H14F2N2O3/c1-6(5-16)7(2)14-10-4-8(12)3-9(13)11(10)15(17)18/h3-4,6-7,14,16H,5H2,1-2H3. The van der Waals surface area contributed by atoms with Crippen LogP contribution in [0.15, 0.2) is 12.1 Å². The zero-order valence-electron chi connectivity index (χ0n) is 9.98. The van der Waals surface area contributed by atoms with E-state index in [2.05, 4.69) is 5.32 Å². The lowest BCUT2D eigenvalue weighted by atomic mass is 10.0. The lowest BCUT2D eigenvalue weighted by Crippen LogP contribution is -2.26. The van der Waals surface area contributed by atoms with Gasteiger partial charge in [-0.1, -0.05) is 6.92 Å². The molecular weight excluding hydrogens is 246 g/mol. The number of aliphatic hydroxyl groups is 1. The number of anilines is 1. The van der Waals surface area contributed by atoms with E-state index in [1.54, 1.807) is 13.8 Å². The van der Waals surface area contributed by atoms with E-state index in [4.69, 9.17) is 5.11 Å². The lowest BCUT2D eigenvalue weighted by Gasteiger charge is -2.20. The number of halogens is 2. The summed E-state index contributed by atoms with van der Waals surface area (Å²) in [6, 6.07) is 0.959. The van der Waals surface area contributed by atoms with E-state index in [-0.39, 0.29) is 24.3 Å². The van der Waals surface area contributed by atoms with Gasteiger partial charge in [-0.05, 0) is 12.8 Å². The Bertz CT molecular complexity index is 454. The predicted octanol–water partition coefficient (Wildman–Crippen LogP) is 2.30. The molecule has 7 heteroatoms. The third-order valence-corrected chi connectivity index (χ3v) is 2.74. The van der Waals surface area contributed by atoms with Crippen LogP contribution in [0.5, 0.6) is 0 Å². The van der Waals surface area contributed by atoms with Crippen LogP contribution in [0.2, 0.25) is 0 Å². The number of hydrogen-bond donors (Lipinski definition) is 2. The van der Waals surface area contributed by atoms with Gasteiger partial charge in [0.1, 0.15) is 11.5 Å². The van der Waals surface area contributed by atoms with Gasteiger partial charge in [0.15, 0.2) is 0 Å². The highest BCUT2D eigenvalue weighted by Gasteiger charge is 2.24. The number of nitrogens with zero attached hydrogens (tertiary/aromatic N) is 1. The van der Waals surface area contributed by atoms with Crippen molar-refractivity contribution in [3.63, 3.8) is 0 Å². The van der Waals surface area contributed by atoms with Gasteiger partial charge in [-0.15, -0.1) is 0 Å². The van der Waals surface area contributed by atoms with Crippen LogP contribution in [0, 0.1) is 27.7 Å². The van der Waals surface area contributed by atoms with Crippen molar-refractivity contribution in [2.24, 2.45) is 5.92 Å². The Morgan fingerprint density at radius 2 is 2.06 bits per heavy atom. The van der Waals surface area contributed by atoms with Crippen molar-refractivity contribution in [1.82, 2.24) is 0 Å². The summed E-state index contributed by atoms with van der Waals surface area (Å²) in [4.78, 5) is 9.82. The minimum atomic E-state index is -1.23. The molecule has 1 aromatic rings. The largest absolute Gasteiger partial charge is 0.396 e. The highest BCUT2D eigenvalue weighted by Crippen LogP contribution is 2.29. The second kappa shape index (κ2) is 5.72. The zero-order valence-corrected chi connectivity index (χ0v) is 9.98. The molecule has 0 fully saturated rings. The quantitative estimate of drug-likeness (QED) is 0.629. The first-order valence-electron chi connectivity index (χ1n) is 5.37. The van der Waals surface area contributed by atoms with Gasteiger partial charge in [0.2, 0.25) is 5.82 Å². The number of nitrogens with one attached hydrogen (secondary N) is 1. The van der Waals surface area contributed by atoms with Gasteiger partial charge < -0.3 is 10.4 Å². The predicted molar refractivity (Wildman–Crippen MR) is 62.3 cm³/mol. The average Bonchev–Trinajstić information content (AvgIpc) is 2.26. The smallest absolute Gasteiger partial charge is 0.327 e. The first kappa shape index (κ1) is 14.3. The molecule has 0 aliphatic carbocycles. The minimum Gasteiger partial charge on any atom is -0.396 e. The maximum Gasteiger partial charge on any atom is 0.327 e. The maximum absolute atomic E-state index is 13.3. The summed E-state index contributed by atoms with van der Waals surface area (Å²) in [5.74, 6) is -2.34. The Balaban J connectivity index is 3.11. The highest BCUT2D eigenvalue weighted by molar-refractivity contribution is 5.62. The monoisotopic (exact) mass is 260 g/mol. The van der Waals surface area contributed by atoms with Gasteiger partial charge in [0, 0.05) is 24.8 Å². The molecule has 0 saturated heterocycles. The van der Waals surface area contributed by atoms with Crippen molar-refractivity contribution in [2.45, 2.75) is 19.9 Å². The second-order valence-electron chi connectivity index (χ2n) is 4.13. The van der Waals surface area contributed by atoms with E-state index in [9.17, 15) is 18.9 Å². The molecule has 0 aliphatic heterocycles. The first-order chi connectivity index (χ1) is 8.36. The summed E-state index contributed by atoms with van der Waals surface area (Å²) in [5.41, 5.74) is -1.03. The number of benzene rings is 1. The molecule has 0 aromatic heterocycles. The van der Waals surface area contributed by atoms with Gasteiger partial charge in [0.25, 0.3) is 0 Å². The molecule has 1 aromatic carbocycles. The van der Waals surface area contributed by atoms with Crippen LogP contribution in [0.4, 0.5) is 20.2 Å². The van der Waals surface area contributed by atoms with Crippen molar-refractivity contribution < 1.29 is 18.8 Å². The Hall–Kier alpha value is -1.76. The minimum absolute atomic E-state index is 0.139. The number of hydrogen-bond acceptors (Lipinski definition) is 4. The molecule has 5 nitrogen and oxygen atoms in total. The molecule has 0 heterocycles. The van der Waals surface area contributed by atoms with Crippen molar-refractivity contribution in [2.75, 3.05) is 11.9 Å². The van der Waals surface area contributed by atoms with Crippen LogP contribution >= 0.6 is 0 Å². The molecule has 0 saturated carbocycles. The SMILES string of the molecule is CC(CO)C(C)Nc1cc(F)cc(F)c1[N+](=O)[O-]. The first-order valence-corrected chi connectivity index (χ1v) is 5.37. The number of aliphatic hydroxyl groups excluding tert-OH is 1. The molecular formula is C11H14F2N2O3. The van der Waals surface area contributed by atoms with E-state index >= 15 is 0 Å². The van der Waals surface area contributed by atoms with Gasteiger partial charge in [-0.2, -0.15) is 4.39 Å². The molecule has 100 valence electrons. The van der Waals surface area contributed by atoms with Crippen molar-refractivity contribution >= 4 is 11.4 Å². The van der Waals surface area contributed by atoms with E-state index < -0.39 is 22.2 Å². The van der Waals surface area contributed by atoms with Crippen molar-refractivity contribution in [1.29, 1.82) is 0 Å². The van der Waals surface area contributed by atoms with Crippen LogP contribution in [-0.2, 0) is 0 Å². The third kappa shape index (κ3) is 3.13. The van der Waals surface area contributed by atoms with Gasteiger partial charge >= 0.3 is 5.69 Å². The summed E-state index contributed by atoms with van der Waals surface area (Å²) in [6.07, 6.45) is 0. The number of nitro groups is 1. The van der Waals surface area contributed by atoms with Crippen molar-refractivity contribution in [3.8, 4) is 0 Å². The maximum atomic E-state index is 13.3. The highest BCUT2D eigenvalue weighted by atomic mass is 19.1. The Kier molecular flexibility index (Phi) is 4.55. The van der Waals surface area contributed by atoms with Crippen molar-refractivity contribution in [3.05, 3.63) is 33.9 Å². The normalized spacial score (nSPS) is 14.1. The Labute approximate surface area is 103 Å². The van der Waals surface area contributed by atoms with E-state index in [1.165, 1.54) is 0 Å². The van der Waals surface area contributed by atoms with Gasteiger partial charge in [0.05, 0.1) is 4.92 Å². The van der Waals surface area contributed by atoms with Crippen LogP contribution in [-0.4, -0.2) is 22.7 Å². The molecule has 0 aliphatic rings. The topological polar surface area (TPSA) is 75.4 Å². The molecule has 2 unspecified atom stereocenters. The van der Waals surface area contributed by atoms with Gasteiger partial charge in [-0.3, -0.25) is 10.1 Å². The van der Waals surface area contributed by atoms with E-state index in [0.717, 1.165) is 6.07 Å². The summed E-state index contributed by atoms with van der Waals surface area (Å²) in [7, 11) is 0. The molecule has 0 amide bonds. The molecule has 2 N–H and O–H groups in total.